The van der Waals surface area contributed by atoms with E-state index in [-0.39, 0.29) is 32.0 Å². The van der Waals surface area contributed by atoms with Crippen LogP contribution in [0.1, 0.15) is 19.3 Å². The lowest BCUT2D eigenvalue weighted by Gasteiger charge is -2.20. The summed E-state index contributed by atoms with van der Waals surface area (Å²) >= 11 is 0. The van der Waals surface area contributed by atoms with Gasteiger partial charge in [-0.2, -0.15) is 0 Å². The number of nitrogens with zero attached hydrogens (tertiary/aromatic N) is 1. The molecule has 0 aliphatic heterocycles. The van der Waals surface area contributed by atoms with Crippen LogP contribution in [0.2, 0.25) is 0 Å². The summed E-state index contributed by atoms with van der Waals surface area (Å²) in [5, 5.41) is 14.1. The molecule has 0 spiro atoms. The van der Waals surface area contributed by atoms with Crippen molar-refractivity contribution in [2.75, 3.05) is 33.4 Å². The number of hydrogen-bond donors (Lipinski definition) is 3. The second kappa shape index (κ2) is 8.36. The lowest BCUT2D eigenvalue weighted by Crippen LogP contribution is -2.45. The smallest absolute Gasteiger partial charge is 0.323 e. The highest BCUT2D eigenvalue weighted by Gasteiger charge is 2.23. The fourth-order valence-corrected chi connectivity index (χ4v) is 1.54. The monoisotopic (exact) mass is 287 g/mol. The third kappa shape index (κ3) is 6.93. The second-order valence-corrected chi connectivity index (χ2v) is 4.63. The maximum Gasteiger partial charge on any atom is 0.323 e. The Labute approximate surface area is 117 Å². The second-order valence-electron chi connectivity index (χ2n) is 4.63. The van der Waals surface area contributed by atoms with Crippen LogP contribution >= 0.6 is 0 Å². The zero-order valence-corrected chi connectivity index (χ0v) is 11.6. The number of carboxylic acids is 1. The Hall–Kier alpha value is -1.83. The molecule has 3 amide bonds. The summed E-state index contributed by atoms with van der Waals surface area (Å²) < 4.78 is 4.82. The Morgan fingerprint density at radius 1 is 1.35 bits per heavy atom. The van der Waals surface area contributed by atoms with Gasteiger partial charge in [0.15, 0.2) is 0 Å². The van der Waals surface area contributed by atoms with Crippen molar-refractivity contribution in [3.05, 3.63) is 0 Å². The lowest BCUT2D eigenvalue weighted by atomic mass is 10.4. The maximum absolute atomic E-state index is 11.8. The highest BCUT2D eigenvalue weighted by Crippen LogP contribution is 2.18. The van der Waals surface area contributed by atoms with E-state index in [9.17, 15) is 14.4 Å². The van der Waals surface area contributed by atoms with E-state index in [0.29, 0.717) is 6.04 Å². The van der Waals surface area contributed by atoms with Gasteiger partial charge in [0.05, 0.1) is 6.61 Å². The van der Waals surface area contributed by atoms with Gasteiger partial charge in [0.25, 0.3) is 0 Å². The molecular weight excluding hydrogens is 266 g/mol. The molecule has 0 unspecified atom stereocenters. The first-order chi connectivity index (χ1) is 9.52. The van der Waals surface area contributed by atoms with Gasteiger partial charge in [0.1, 0.15) is 6.54 Å². The van der Waals surface area contributed by atoms with E-state index in [0.717, 1.165) is 17.7 Å². The van der Waals surface area contributed by atoms with Crippen molar-refractivity contribution in [2.45, 2.75) is 25.3 Å². The average Bonchev–Trinajstić information content (AvgIpc) is 3.17. The Morgan fingerprint density at radius 3 is 2.60 bits per heavy atom. The first-order valence-electron chi connectivity index (χ1n) is 6.55. The molecule has 1 saturated carbocycles. The molecule has 3 N–H and O–H groups in total. The van der Waals surface area contributed by atoms with Crippen molar-refractivity contribution in [3.63, 3.8) is 0 Å². The Morgan fingerprint density at radius 2 is 2.05 bits per heavy atom. The number of carbonyl (C=O) groups excluding carboxylic acids is 2. The molecule has 0 aromatic heterocycles. The standard InChI is InChI=1S/C12H21N3O5/c1-20-7-6-15(8-11(17)18)12(19)13-5-4-10(16)14-9-2-3-9/h9H,2-8H2,1H3,(H,13,19)(H,14,16)(H,17,18). The van der Waals surface area contributed by atoms with Gasteiger partial charge in [-0.1, -0.05) is 0 Å². The minimum Gasteiger partial charge on any atom is -0.480 e. The molecule has 1 aliphatic rings. The van der Waals surface area contributed by atoms with Gasteiger partial charge < -0.3 is 25.4 Å². The predicted octanol–water partition coefficient (Wildman–Crippen LogP) is -0.602. The summed E-state index contributed by atoms with van der Waals surface area (Å²) in [6.45, 7) is 0.218. The number of carbonyl (C=O) groups is 3. The molecule has 0 aromatic carbocycles. The van der Waals surface area contributed by atoms with Gasteiger partial charge in [0, 0.05) is 32.7 Å². The number of methoxy groups -OCH3 is 1. The molecule has 8 nitrogen and oxygen atoms in total. The molecular formula is C12H21N3O5. The molecule has 1 aliphatic carbocycles. The van der Waals surface area contributed by atoms with Gasteiger partial charge in [-0.25, -0.2) is 4.79 Å². The van der Waals surface area contributed by atoms with E-state index in [1.54, 1.807) is 0 Å². The largest absolute Gasteiger partial charge is 0.480 e. The first kappa shape index (κ1) is 16.2. The molecule has 0 radical (unpaired) electrons. The zero-order chi connectivity index (χ0) is 15.0. The Kier molecular flexibility index (Phi) is 6.78. The van der Waals surface area contributed by atoms with Crippen molar-refractivity contribution in [3.8, 4) is 0 Å². The third-order valence-electron chi connectivity index (χ3n) is 2.75. The molecule has 8 heteroatoms. The molecule has 20 heavy (non-hydrogen) atoms. The number of hydrogen-bond acceptors (Lipinski definition) is 4. The fraction of sp³-hybridized carbons (Fsp3) is 0.750. The Bertz CT molecular complexity index is 357. The average molecular weight is 287 g/mol. The molecule has 114 valence electrons. The first-order valence-corrected chi connectivity index (χ1v) is 6.55. The van der Waals surface area contributed by atoms with Crippen LogP contribution in [0.25, 0.3) is 0 Å². The number of ether oxygens (including phenoxy) is 1. The summed E-state index contributed by atoms with van der Waals surface area (Å²) in [4.78, 5) is 35.0. The predicted molar refractivity (Wildman–Crippen MR) is 70.3 cm³/mol. The molecule has 0 heterocycles. The van der Waals surface area contributed by atoms with Gasteiger partial charge in [0.2, 0.25) is 5.91 Å². The normalized spacial score (nSPS) is 13.7. The molecule has 0 bridgehead atoms. The van der Waals surface area contributed by atoms with Crippen LogP contribution in [0.3, 0.4) is 0 Å². The zero-order valence-electron chi connectivity index (χ0n) is 11.6. The number of nitrogens with one attached hydrogen (secondary N) is 2. The summed E-state index contributed by atoms with van der Waals surface area (Å²) in [5.41, 5.74) is 0. The number of urea groups is 1. The molecule has 0 atom stereocenters. The van der Waals surface area contributed by atoms with Crippen LogP contribution in [0.4, 0.5) is 4.79 Å². The minimum atomic E-state index is -1.09. The summed E-state index contributed by atoms with van der Waals surface area (Å²) in [6, 6.07) is -0.216. The quantitative estimate of drug-likeness (QED) is 0.524. The van der Waals surface area contributed by atoms with Crippen LogP contribution in [0.15, 0.2) is 0 Å². The fourth-order valence-electron chi connectivity index (χ4n) is 1.54. The van der Waals surface area contributed by atoms with E-state index >= 15 is 0 Å². The van der Waals surface area contributed by atoms with Gasteiger partial charge >= 0.3 is 12.0 Å². The minimum absolute atomic E-state index is 0.102. The van der Waals surface area contributed by atoms with E-state index in [2.05, 4.69) is 10.6 Å². The van der Waals surface area contributed by atoms with Crippen molar-refractivity contribution >= 4 is 17.9 Å². The number of carboxylic acid groups (broad SMARTS) is 1. The number of aliphatic carboxylic acids is 1. The summed E-state index contributed by atoms with van der Waals surface area (Å²) in [7, 11) is 1.47. The van der Waals surface area contributed by atoms with Gasteiger partial charge in [-0.05, 0) is 12.8 Å². The van der Waals surface area contributed by atoms with Gasteiger partial charge in [-0.3, -0.25) is 9.59 Å². The Balaban J connectivity index is 2.24. The summed E-state index contributed by atoms with van der Waals surface area (Å²) in [6.07, 6.45) is 2.22. The molecule has 1 fully saturated rings. The van der Waals surface area contributed by atoms with Crippen LogP contribution in [-0.4, -0.2) is 67.3 Å². The highest BCUT2D eigenvalue weighted by atomic mass is 16.5. The van der Waals surface area contributed by atoms with Gasteiger partial charge in [-0.15, -0.1) is 0 Å². The lowest BCUT2D eigenvalue weighted by molar-refractivity contribution is -0.137. The van der Waals surface area contributed by atoms with Crippen LogP contribution in [0, 0.1) is 0 Å². The third-order valence-corrected chi connectivity index (χ3v) is 2.75. The van der Waals surface area contributed by atoms with Crippen molar-refractivity contribution in [1.82, 2.24) is 15.5 Å². The maximum atomic E-state index is 11.8. The summed E-state index contributed by atoms with van der Waals surface area (Å²) in [5.74, 6) is -1.20. The SMILES string of the molecule is COCCN(CC(=O)O)C(=O)NCCC(=O)NC1CC1. The molecule has 0 aromatic rings. The van der Waals surface area contributed by atoms with Crippen molar-refractivity contribution in [1.29, 1.82) is 0 Å². The highest BCUT2D eigenvalue weighted by molar-refractivity contribution is 5.81. The number of amides is 3. The molecule has 1 rings (SSSR count). The number of rotatable bonds is 9. The van der Waals surface area contributed by atoms with Crippen LogP contribution < -0.4 is 10.6 Å². The van der Waals surface area contributed by atoms with Crippen LogP contribution in [0.5, 0.6) is 0 Å². The molecule has 0 saturated heterocycles. The van der Waals surface area contributed by atoms with Crippen molar-refractivity contribution < 1.29 is 24.2 Å². The van der Waals surface area contributed by atoms with E-state index in [1.165, 1.54) is 7.11 Å². The van der Waals surface area contributed by atoms with E-state index < -0.39 is 18.5 Å². The topological polar surface area (TPSA) is 108 Å². The van der Waals surface area contributed by atoms with Crippen molar-refractivity contribution in [2.24, 2.45) is 0 Å². The van der Waals surface area contributed by atoms with E-state index in [1.807, 2.05) is 0 Å². The van der Waals surface area contributed by atoms with Crippen LogP contribution in [-0.2, 0) is 14.3 Å². The van der Waals surface area contributed by atoms with E-state index in [4.69, 9.17) is 9.84 Å².